The van der Waals surface area contributed by atoms with E-state index in [-0.39, 0.29) is 23.0 Å². The Balaban J connectivity index is 1.44. The summed E-state index contributed by atoms with van der Waals surface area (Å²) in [7, 11) is 0. The van der Waals surface area contributed by atoms with E-state index < -0.39 is 11.7 Å². The average molecular weight is 466 g/mol. The number of carbonyl (C=O) groups excluding carboxylic acids is 1. The Labute approximate surface area is 184 Å². The molecule has 0 atom stereocenters. The number of hydrogen-bond acceptors (Lipinski definition) is 5. The highest BCUT2D eigenvalue weighted by Gasteiger charge is 2.30. The fourth-order valence-corrected chi connectivity index (χ4v) is 5.07. The number of thiophene rings is 1. The maximum absolute atomic E-state index is 12.6. The Kier molecular flexibility index (Phi) is 6.19. The topological polar surface area (TPSA) is 64.0 Å². The molecule has 0 radical (unpaired) electrons. The van der Waals surface area contributed by atoms with Gasteiger partial charge in [-0.3, -0.25) is 9.36 Å². The fraction of sp³-hybridized carbons (Fsp3) is 0.286. The highest BCUT2D eigenvalue weighted by Crippen LogP contribution is 2.31. The van der Waals surface area contributed by atoms with Crippen molar-refractivity contribution >= 4 is 34.7 Å². The lowest BCUT2D eigenvalue weighted by Gasteiger charge is -2.13. The van der Waals surface area contributed by atoms with Crippen molar-refractivity contribution in [2.75, 3.05) is 11.1 Å². The number of thioether (sulfide) groups is 1. The van der Waals surface area contributed by atoms with Gasteiger partial charge in [0.2, 0.25) is 5.91 Å². The van der Waals surface area contributed by atoms with E-state index in [0.717, 1.165) is 47.5 Å². The first kappa shape index (κ1) is 21.6. The number of rotatable bonds is 6. The van der Waals surface area contributed by atoms with Crippen LogP contribution in [0.25, 0.3) is 0 Å². The van der Waals surface area contributed by atoms with Crippen LogP contribution in [0.2, 0.25) is 0 Å². The number of nitrogens with one attached hydrogen (secondary N) is 1. The molecule has 0 saturated carbocycles. The van der Waals surface area contributed by atoms with Crippen molar-refractivity contribution in [3.63, 3.8) is 0 Å². The molecule has 3 aromatic rings. The largest absolute Gasteiger partial charge is 0.416 e. The van der Waals surface area contributed by atoms with Gasteiger partial charge in [-0.15, -0.1) is 11.3 Å². The minimum Gasteiger partial charge on any atom is -0.325 e. The molecule has 2 heterocycles. The van der Waals surface area contributed by atoms with Crippen LogP contribution >= 0.6 is 23.1 Å². The molecule has 0 aliphatic heterocycles. The van der Waals surface area contributed by atoms with Gasteiger partial charge >= 0.3 is 11.9 Å². The molecule has 4 rings (SSSR count). The third-order valence-corrected chi connectivity index (χ3v) is 6.81. The predicted octanol–water partition coefficient (Wildman–Crippen LogP) is 4.59. The van der Waals surface area contributed by atoms with Crippen molar-refractivity contribution in [2.24, 2.45) is 0 Å². The first-order valence-corrected chi connectivity index (χ1v) is 11.4. The van der Waals surface area contributed by atoms with E-state index in [1.54, 1.807) is 15.9 Å². The zero-order valence-corrected chi connectivity index (χ0v) is 17.9. The van der Waals surface area contributed by atoms with Crippen LogP contribution in [-0.4, -0.2) is 21.2 Å². The van der Waals surface area contributed by atoms with E-state index in [9.17, 15) is 22.8 Å². The molecular weight excluding hydrogens is 447 g/mol. The van der Waals surface area contributed by atoms with Crippen LogP contribution in [0.3, 0.4) is 0 Å². The molecule has 2 aromatic heterocycles. The summed E-state index contributed by atoms with van der Waals surface area (Å²) in [4.78, 5) is 30.2. The predicted molar refractivity (Wildman–Crippen MR) is 115 cm³/mol. The second kappa shape index (κ2) is 8.88. The van der Waals surface area contributed by atoms with Crippen LogP contribution in [0.1, 0.15) is 28.1 Å². The number of amides is 1. The lowest BCUT2D eigenvalue weighted by atomic mass is 10.2. The monoisotopic (exact) mass is 465 g/mol. The Morgan fingerprint density at radius 2 is 1.97 bits per heavy atom. The summed E-state index contributed by atoms with van der Waals surface area (Å²) < 4.78 is 39.6. The van der Waals surface area contributed by atoms with E-state index in [4.69, 9.17) is 0 Å². The second-order valence-corrected chi connectivity index (χ2v) is 9.05. The number of hydrogen-bond donors (Lipinski definition) is 1. The second-order valence-electron chi connectivity index (χ2n) is 7.06. The standard InChI is InChI=1S/C21H18F3N3O2S2/c22-21(23,24)13-6-8-14(9-7-13)25-18(28)12-31-19-16-4-1-5-17(16)27(20(29)26-19)11-15-3-2-10-30-15/h2-3,6-10H,1,4-5,11-12H2,(H,25,28). The number of halogens is 3. The van der Waals surface area contributed by atoms with Crippen molar-refractivity contribution < 1.29 is 18.0 Å². The molecule has 31 heavy (non-hydrogen) atoms. The van der Waals surface area contributed by atoms with Crippen molar-refractivity contribution in [1.82, 2.24) is 9.55 Å². The van der Waals surface area contributed by atoms with Crippen molar-refractivity contribution in [3.8, 4) is 0 Å². The molecular formula is C21H18F3N3O2S2. The lowest BCUT2D eigenvalue weighted by Crippen LogP contribution is -2.27. The number of carbonyl (C=O) groups is 1. The molecule has 0 fully saturated rings. The molecule has 1 N–H and O–H groups in total. The maximum atomic E-state index is 12.6. The van der Waals surface area contributed by atoms with Gasteiger partial charge in [0.25, 0.3) is 0 Å². The molecule has 1 aliphatic carbocycles. The Morgan fingerprint density at radius 3 is 2.65 bits per heavy atom. The fourth-order valence-electron chi connectivity index (χ4n) is 3.50. The van der Waals surface area contributed by atoms with Gasteiger partial charge in [0.05, 0.1) is 17.9 Å². The highest BCUT2D eigenvalue weighted by molar-refractivity contribution is 8.00. The van der Waals surface area contributed by atoms with Crippen LogP contribution in [0.15, 0.2) is 51.6 Å². The molecule has 1 aromatic carbocycles. The first-order valence-electron chi connectivity index (χ1n) is 9.56. The van der Waals surface area contributed by atoms with Gasteiger partial charge in [0.15, 0.2) is 0 Å². The van der Waals surface area contributed by atoms with Gasteiger partial charge in [-0.1, -0.05) is 17.8 Å². The molecule has 10 heteroatoms. The Hall–Kier alpha value is -2.59. The van der Waals surface area contributed by atoms with Crippen LogP contribution in [0, 0.1) is 0 Å². The number of fused-ring (bicyclic) bond motifs is 1. The molecule has 0 bridgehead atoms. The lowest BCUT2D eigenvalue weighted by molar-refractivity contribution is -0.137. The van der Waals surface area contributed by atoms with Gasteiger partial charge in [-0.05, 0) is 55.0 Å². The molecule has 0 saturated heterocycles. The summed E-state index contributed by atoms with van der Waals surface area (Å²) in [5, 5.41) is 5.10. The molecule has 5 nitrogen and oxygen atoms in total. The molecule has 0 unspecified atom stereocenters. The summed E-state index contributed by atoms with van der Waals surface area (Å²) in [6, 6.07) is 8.19. The van der Waals surface area contributed by atoms with Gasteiger partial charge in [0.1, 0.15) is 5.03 Å². The third kappa shape index (κ3) is 5.01. The van der Waals surface area contributed by atoms with E-state index >= 15 is 0 Å². The average Bonchev–Trinajstić information content (AvgIpc) is 3.40. The minimum absolute atomic E-state index is 0.00877. The van der Waals surface area contributed by atoms with Crippen molar-refractivity contribution in [1.29, 1.82) is 0 Å². The van der Waals surface area contributed by atoms with E-state index in [1.165, 1.54) is 23.9 Å². The van der Waals surface area contributed by atoms with E-state index in [0.29, 0.717) is 11.6 Å². The minimum atomic E-state index is -4.42. The van der Waals surface area contributed by atoms with Gasteiger partial charge in [-0.25, -0.2) is 4.79 Å². The number of benzene rings is 1. The van der Waals surface area contributed by atoms with Crippen LogP contribution in [0.5, 0.6) is 0 Å². The quantitative estimate of drug-likeness (QED) is 0.427. The van der Waals surface area contributed by atoms with Gasteiger partial charge in [0, 0.05) is 21.8 Å². The number of anilines is 1. The first-order chi connectivity index (χ1) is 14.8. The molecule has 1 amide bonds. The maximum Gasteiger partial charge on any atom is 0.416 e. The summed E-state index contributed by atoms with van der Waals surface area (Å²) in [6.45, 7) is 0.491. The van der Waals surface area contributed by atoms with Crippen LogP contribution < -0.4 is 11.0 Å². The van der Waals surface area contributed by atoms with Gasteiger partial charge < -0.3 is 5.32 Å². The van der Waals surface area contributed by atoms with Crippen molar-refractivity contribution in [2.45, 2.75) is 37.0 Å². The summed E-state index contributed by atoms with van der Waals surface area (Å²) in [5.74, 6) is -0.365. The van der Waals surface area contributed by atoms with Crippen LogP contribution in [0.4, 0.5) is 18.9 Å². The number of aromatic nitrogens is 2. The molecule has 0 spiro atoms. The summed E-state index contributed by atoms with van der Waals surface area (Å²) in [5.41, 5.74) is 1.15. The van der Waals surface area contributed by atoms with Crippen molar-refractivity contribution in [3.05, 3.63) is 74.0 Å². The normalized spacial score (nSPS) is 13.3. The zero-order chi connectivity index (χ0) is 22.0. The number of nitrogens with zero attached hydrogens (tertiary/aromatic N) is 2. The van der Waals surface area contributed by atoms with Gasteiger partial charge in [-0.2, -0.15) is 18.2 Å². The summed E-state index contributed by atoms with van der Waals surface area (Å²) >= 11 is 2.76. The Morgan fingerprint density at radius 1 is 1.19 bits per heavy atom. The third-order valence-electron chi connectivity index (χ3n) is 4.93. The summed E-state index contributed by atoms with van der Waals surface area (Å²) in [6.07, 6.45) is -1.90. The Bertz CT molecular complexity index is 1140. The van der Waals surface area contributed by atoms with E-state index in [2.05, 4.69) is 10.3 Å². The molecule has 162 valence electrons. The molecule has 1 aliphatic rings. The number of alkyl halides is 3. The highest BCUT2D eigenvalue weighted by atomic mass is 32.2. The SMILES string of the molecule is O=C(CSc1nc(=O)n(Cc2cccs2)c2c1CCC2)Nc1ccc(C(F)(F)F)cc1. The zero-order valence-electron chi connectivity index (χ0n) is 16.2. The van der Waals surface area contributed by atoms with E-state index in [1.807, 2.05) is 17.5 Å². The smallest absolute Gasteiger partial charge is 0.325 e. The van der Waals surface area contributed by atoms with Crippen LogP contribution in [-0.2, 0) is 30.4 Å².